The molecular weight excluding hydrogens is 312 g/mol. The normalized spacial score (nSPS) is 18.4. The molecule has 1 aromatic carbocycles. The molecule has 1 aliphatic heterocycles. The van der Waals surface area contributed by atoms with Gasteiger partial charge in [-0.2, -0.15) is 5.10 Å². The number of rotatable bonds is 5. The van der Waals surface area contributed by atoms with Crippen LogP contribution in [0.25, 0.3) is 0 Å². The SMILES string of the molecule is CCn1nccc1CN1CCNCC1c1ccccc1OC.Cl. The minimum atomic E-state index is 0. The maximum Gasteiger partial charge on any atom is 0.123 e. The first-order valence-electron chi connectivity index (χ1n) is 7.92. The van der Waals surface area contributed by atoms with Crippen molar-refractivity contribution in [2.24, 2.45) is 0 Å². The number of piperazine rings is 1. The Morgan fingerprint density at radius 2 is 2.13 bits per heavy atom. The Bertz CT molecular complexity index is 616. The fourth-order valence-electron chi connectivity index (χ4n) is 3.17. The van der Waals surface area contributed by atoms with E-state index in [1.807, 2.05) is 18.3 Å². The van der Waals surface area contributed by atoms with Crippen molar-refractivity contribution in [3.05, 3.63) is 47.8 Å². The van der Waals surface area contributed by atoms with Crippen molar-refractivity contribution >= 4 is 12.4 Å². The van der Waals surface area contributed by atoms with Gasteiger partial charge in [0, 0.05) is 44.5 Å². The van der Waals surface area contributed by atoms with E-state index in [9.17, 15) is 0 Å². The lowest BCUT2D eigenvalue weighted by Crippen LogP contribution is -2.45. The molecule has 1 fully saturated rings. The van der Waals surface area contributed by atoms with Gasteiger partial charge in [0.05, 0.1) is 18.8 Å². The zero-order valence-electron chi connectivity index (χ0n) is 13.7. The third-order valence-corrected chi connectivity index (χ3v) is 4.32. The second-order valence-corrected chi connectivity index (χ2v) is 5.57. The Labute approximate surface area is 144 Å². The zero-order valence-corrected chi connectivity index (χ0v) is 14.6. The Morgan fingerprint density at radius 1 is 1.30 bits per heavy atom. The van der Waals surface area contributed by atoms with E-state index in [0.29, 0.717) is 6.04 Å². The van der Waals surface area contributed by atoms with E-state index in [4.69, 9.17) is 4.74 Å². The van der Waals surface area contributed by atoms with Gasteiger partial charge in [0.15, 0.2) is 0 Å². The van der Waals surface area contributed by atoms with Crippen molar-refractivity contribution in [1.29, 1.82) is 0 Å². The highest BCUT2D eigenvalue weighted by Crippen LogP contribution is 2.31. The number of hydrogen-bond acceptors (Lipinski definition) is 4. The van der Waals surface area contributed by atoms with Gasteiger partial charge in [0.2, 0.25) is 0 Å². The van der Waals surface area contributed by atoms with Crippen molar-refractivity contribution in [3.8, 4) is 5.75 Å². The van der Waals surface area contributed by atoms with Gasteiger partial charge in [-0.25, -0.2) is 0 Å². The van der Waals surface area contributed by atoms with E-state index < -0.39 is 0 Å². The zero-order chi connectivity index (χ0) is 15.4. The van der Waals surface area contributed by atoms with Gasteiger partial charge in [-0.15, -0.1) is 12.4 Å². The van der Waals surface area contributed by atoms with Crippen LogP contribution >= 0.6 is 12.4 Å². The van der Waals surface area contributed by atoms with E-state index in [-0.39, 0.29) is 12.4 Å². The Morgan fingerprint density at radius 3 is 2.91 bits per heavy atom. The molecule has 2 aromatic rings. The fourth-order valence-corrected chi connectivity index (χ4v) is 3.17. The lowest BCUT2D eigenvalue weighted by Gasteiger charge is -2.37. The van der Waals surface area contributed by atoms with Crippen LogP contribution in [-0.4, -0.2) is 41.4 Å². The summed E-state index contributed by atoms with van der Waals surface area (Å²) in [4.78, 5) is 2.51. The molecule has 1 atom stereocenters. The first kappa shape index (κ1) is 17.8. The van der Waals surface area contributed by atoms with Crippen molar-refractivity contribution < 1.29 is 4.74 Å². The Balaban J connectivity index is 0.00000192. The second kappa shape index (κ2) is 8.34. The van der Waals surface area contributed by atoms with Crippen LogP contribution < -0.4 is 10.1 Å². The maximum atomic E-state index is 5.55. The van der Waals surface area contributed by atoms with Crippen LogP contribution in [0.1, 0.15) is 24.2 Å². The molecule has 0 radical (unpaired) electrons. The molecule has 1 saturated heterocycles. The topological polar surface area (TPSA) is 42.3 Å². The molecule has 0 bridgehead atoms. The van der Waals surface area contributed by atoms with Crippen LogP contribution in [-0.2, 0) is 13.1 Å². The van der Waals surface area contributed by atoms with E-state index in [1.54, 1.807) is 7.11 Å². The number of aromatic nitrogens is 2. The molecule has 1 N–H and O–H groups in total. The van der Waals surface area contributed by atoms with Crippen molar-refractivity contribution in [1.82, 2.24) is 20.0 Å². The standard InChI is InChI=1S/C17H24N4O.ClH/c1-3-21-14(8-9-19-21)13-20-11-10-18-12-16(20)15-6-4-5-7-17(15)22-2;/h4-9,16,18H,3,10-13H2,1-2H3;1H. The monoisotopic (exact) mass is 336 g/mol. The van der Waals surface area contributed by atoms with Gasteiger partial charge in [0.25, 0.3) is 0 Å². The summed E-state index contributed by atoms with van der Waals surface area (Å²) in [6.07, 6.45) is 1.89. The lowest BCUT2D eigenvalue weighted by molar-refractivity contribution is 0.147. The van der Waals surface area contributed by atoms with Crippen LogP contribution in [0.2, 0.25) is 0 Å². The highest BCUT2D eigenvalue weighted by atomic mass is 35.5. The molecule has 2 heterocycles. The Kier molecular flexibility index (Phi) is 6.45. The van der Waals surface area contributed by atoms with Crippen molar-refractivity contribution in [2.45, 2.75) is 26.1 Å². The van der Waals surface area contributed by atoms with Gasteiger partial charge in [-0.05, 0) is 19.1 Å². The number of methoxy groups -OCH3 is 1. The summed E-state index contributed by atoms with van der Waals surface area (Å²) >= 11 is 0. The summed E-state index contributed by atoms with van der Waals surface area (Å²) < 4.78 is 7.63. The van der Waals surface area contributed by atoms with E-state index in [1.165, 1.54) is 11.3 Å². The minimum Gasteiger partial charge on any atom is -0.496 e. The largest absolute Gasteiger partial charge is 0.496 e. The number of para-hydroxylation sites is 1. The summed E-state index contributed by atoms with van der Waals surface area (Å²) in [6, 6.07) is 10.8. The maximum absolute atomic E-state index is 5.55. The molecule has 1 aliphatic rings. The van der Waals surface area contributed by atoms with Gasteiger partial charge in [-0.3, -0.25) is 9.58 Å². The molecule has 3 rings (SSSR count). The predicted octanol–water partition coefficient (Wildman–Crippen LogP) is 2.48. The minimum absolute atomic E-state index is 0. The Hall–Kier alpha value is -1.56. The van der Waals surface area contributed by atoms with Crippen LogP contribution in [0.5, 0.6) is 5.75 Å². The molecule has 0 spiro atoms. The van der Waals surface area contributed by atoms with E-state index >= 15 is 0 Å². The van der Waals surface area contributed by atoms with Crippen molar-refractivity contribution in [2.75, 3.05) is 26.7 Å². The summed E-state index contributed by atoms with van der Waals surface area (Å²) in [5.41, 5.74) is 2.52. The molecule has 0 saturated carbocycles. The molecule has 0 amide bonds. The molecule has 126 valence electrons. The van der Waals surface area contributed by atoms with Crippen LogP contribution in [0.4, 0.5) is 0 Å². The number of hydrogen-bond donors (Lipinski definition) is 1. The molecule has 23 heavy (non-hydrogen) atoms. The summed E-state index contributed by atoms with van der Waals surface area (Å²) in [5, 5.41) is 7.88. The first-order chi connectivity index (χ1) is 10.8. The molecule has 5 nitrogen and oxygen atoms in total. The third-order valence-electron chi connectivity index (χ3n) is 4.32. The van der Waals surface area contributed by atoms with Gasteiger partial charge in [0.1, 0.15) is 5.75 Å². The number of nitrogens with zero attached hydrogens (tertiary/aromatic N) is 3. The molecule has 1 unspecified atom stereocenters. The second-order valence-electron chi connectivity index (χ2n) is 5.57. The van der Waals surface area contributed by atoms with E-state index in [0.717, 1.165) is 38.5 Å². The van der Waals surface area contributed by atoms with Gasteiger partial charge >= 0.3 is 0 Å². The lowest BCUT2D eigenvalue weighted by atomic mass is 10.0. The quantitative estimate of drug-likeness (QED) is 0.911. The number of ether oxygens (including phenoxy) is 1. The highest BCUT2D eigenvalue weighted by molar-refractivity contribution is 5.85. The summed E-state index contributed by atoms with van der Waals surface area (Å²) in [5.74, 6) is 0.963. The van der Waals surface area contributed by atoms with Crippen LogP contribution in [0.3, 0.4) is 0 Å². The molecular formula is C17H25ClN4O. The number of halogens is 1. The molecule has 6 heteroatoms. The summed E-state index contributed by atoms with van der Waals surface area (Å²) in [7, 11) is 1.74. The molecule has 1 aromatic heterocycles. The van der Waals surface area contributed by atoms with Crippen molar-refractivity contribution in [3.63, 3.8) is 0 Å². The van der Waals surface area contributed by atoms with Crippen LogP contribution in [0.15, 0.2) is 36.5 Å². The number of benzene rings is 1. The number of aryl methyl sites for hydroxylation is 1. The highest BCUT2D eigenvalue weighted by Gasteiger charge is 2.26. The third kappa shape index (κ3) is 3.86. The smallest absolute Gasteiger partial charge is 0.123 e. The average molecular weight is 337 g/mol. The predicted molar refractivity (Wildman–Crippen MR) is 94.2 cm³/mol. The number of nitrogens with one attached hydrogen (secondary N) is 1. The molecule has 0 aliphatic carbocycles. The summed E-state index contributed by atoms with van der Waals surface area (Å²) in [6.45, 7) is 6.95. The van der Waals surface area contributed by atoms with Crippen LogP contribution in [0, 0.1) is 0 Å². The first-order valence-corrected chi connectivity index (χ1v) is 7.92. The van der Waals surface area contributed by atoms with Gasteiger partial charge < -0.3 is 10.1 Å². The average Bonchev–Trinajstić information content (AvgIpc) is 3.02. The van der Waals surface area contributed by atoms with E-state index in [2.05, 4.69) is 45.1 Å². The fraction of sp³-hybridized carbons (Fsp3) is 0.471. The van der Waals surface area contributed by atoms with Gasteiger partial charge in [-0.1, -0.05) is 18.2 Å².